The molecule has 2 aromatic rings. The minimum absolute atomic E-state index is 0.218. The fourth-order valence-corrected chi connectivity index (χ4v) is 2.25. The third-order valence-electron chi connectivity index (χ3n) is 3.13. The van der Waals surface area contributed by atoms with Crippen molar-refractivity contribution in [3.63, 3.8) is 0 Å². The number of nitrogens with one attached hydrogen (secondary N) is 1. The number of amides is 2. The normalized spacial score (nSPS) is 10.3. The fourth-order valence-electron chi connectivity index (χ4n) is 2.25. The summed E-state index contributed by atoms with van der Waals surface area (Å²) in [4.78, 5) is 13.7. The SMILES string of the molecule is Cc1cc(C)cc(NC(=O)N(C)Cc2cccc(F)c2)c1. The number of halogens is 1. The molecule has 4 heteroatoms. The molecule has 2 rings (SSSR count). The number of benzene rings is 2. The van der Waals surface area contributed by atoms with E-state index in [1.165, 1.54) is 17.0 Å². The number of aryl methyl sites for hydroxylation is 2. The largest absolute Gasteiger partial charge is 0.323 e. The first kappa shape index (κ1) is 15.0. The van der Waals surface area contributed by atoms with Crippen molar-refractivity contribution in [1.29, 1.82) is 0 Å². The summed E-state index contributed by atoms with van der Waals surface area (Å²) in [5.41, 5.74) is 3.72. The van der Waals surface area contributed by atoms with Crippen LogP contribution in [0.4, 0.5) is 14.9 Å². The molecule has 1 N–H and O–H groups in total. The number of carbonyl (C=O) groups excluding carboxylic acids is 1. The second-order valence-corrected chi connectivity index (χ2v) is 5.29. The number of carbonyl (C=O) groups is 1. The van der Waals surface area contributed by atoms with Crippen molar-refractivity contribution in [3.05, 3.63) is 65.0 Å². The molecule has 0 fully saturated rings. The topological polar surface area (TPSA) is 32.3 Å². The lowest BCUT2D eigenvalue weighted by Crippen LogP contribution is -2.30. The molecule has 0 unspecified atom stereocenters. The van der Waals surface area contributed by atoms with Crippen molar-refractivity contribution >= 4 is 11.7 Å². The lowest BCUT2D eigenvalue weighted by Gasteiger charge is -2.18. The molecule has 0 spiro atoms. The molecule has 110 valence electrons. The van der Waals surface area contributed by atoms with Crippen molar-refractivity contribution in [2.24, 2.45) is 0 Å². The summed E-state index contributed by atoms with van der Waals surface area (Å²) in [5.74, 6) is -0.296. The molecule has 0 aliphatic rings. The van der Waals surface area contributed by atoms with E-state index in [0.717, 1.165) is 22.4 Å². The summed E-state index contributed by atoms with van der Waals surface area (Å²) in [6.07, 6.45) is 0. The molecule has 0 aliphatic heterocycles. The van der Waals surface area contributed by atoms with Crippen LogP contribution in [0.1, 0.15) is 16.7 Å². The van der Waals surface area contributed by atoms with Crippen LogP contribution < -0.4 is 5.32 Å². The first-order valence-electron chi connectivity index (χ1n) is 6.79. The van der Waals surface area contributed by atoms with Crippen LogP contribution in [-0.4, -0.2) is 18.0 Å². The maximum Gasteiger partial charge on any atom is 0.321 e. The van der Waals surface area contributed by atoms with Crippen LogP contribution in [0.5, 0.6) is 0 Å². The van der Waals surface area contributed by atoms with Crippen molar-refractivity contribution in [3.8, 4) is 0 Å². The third-order valence-corrected chi connectivity index (χ3v) is 3.13. The molecule has 3 nitrogen and oxygen atoms in total. The van der Waals surface area contributed by atoms with Crippen LogP contribution in [0.2, 0.25) is 0 Å². The maximum absolute atomic E-state index is 13.1. The van der Waals surface area contributed by atoms with E-state index in [2.05, 4.69) is 5.32 Å². The van der Waals surface area contributed by atoms with Crippen LogP contribution in [0.25, 0.3) is 0 Å². The molecular weight excluding hydrogens is 267 g/mol. The summed E-state index contributed by atoms with van der Waals surface area (Å²) in [6.45, 7) is 4.33. The van der Waals surface area contributed by atoms with E-state index in [-0.39, 0.29) is 11.8 Å². The van der Waals surface area contributed by atoms with Crippen LogP contribution >= 0.6 is 0 Å². The summed E-state index contributed by atoms with van der Waals surface area (Å²) in [5, 5.41) is 2.85. The zero-order chi connectivity index (χ0) is 15.4. The van der Waals surface area contributed by atoms with Gasteiger partial charge in [0.05, 0.1) is 0 Å². The van der Waals surface area contributed by atoms with Gasteiger partial charge in [-0.25, -0.2) is 9.18 Å². The molecule has 2 aromatic carbocycles. The van der Waals surface area contributed by atoms with E-state index in [1.54, 1.807) is 19.2 Å². The van der Waals surface area contributed by atoms with Crippen molar-refractivity contribution < 1.29 is 9.18 Å². The second-order valence-electron chi connectivity index (χ2n) is 5.29. The van der Waals surface area contributed by atoms with E-state index in [4.69, 9.17) is 0 Å². The van der Waals surface area contributed by atoms with Gasteiger partial charge in [-0.05, 0) is 54.8 Å². The first-order chi connectivity index (χ1) is 9.94. The van der Waals surface area contributed by atoms with Gasteiger partial charge in [-0.3, -0.25) is 0 Å². The van der Waals surface area contributed by atoms with E-state index >= 15 is 0 Å². The van der Waals surface area contributed by atoms with Gasteiger partial charge in [-0.1, -0.05) is 18.2 Å². The Morgan fingerprint density at radius 2 is 1.81 bits per heavy atom. The molecule has 0 saturated carbocycles. The van der Waals surface area contributed by atoms with Gasteiger partial charge in [0.2, 0.25) is 0 Å². The Morgan fingerprint density at radius 1 is 1.14 bits per heavy atom. The molecule has 21 heavy (non-hydrogen) atoms. The van der Waals surface area contributed by atoms with Crippen LogP contribution in [0.15, 0.2) is 42.5 Å². The summed E-state index contributed by atoms with van der Waals surface area (Å²) < 4.78 is 13.1. The Kier molecular flexibility index (Phi) is 4.58. The predicted molar refractivity (Wildman–Crippen MR) is 82.8 cm³/mol. The third kappa shape index (κ3) is 4.31. The average molecular weight is 286 g/mol. The van der Waals surface area contributed by atoms with Gasteiger partial charge in [-0.2, -0.15) is 0 Å². The highest BCUT2D eigenvalue weighted by atomic mass is 19.1. The van der Waals surface area contributed by atoms with E-state index in [0.29, 0.717) is 6.54 Å². The highest BCUT2D eigenvalue weighted by molar-refractivity contribution is 5.89. The quantitative estimate of drug-likeness (QED) is 0.905. The Balaban J connectivity index is 2.02. The van der Waals surface area contributed by atoms with Gasteiger partial charge in [0, 0.05) is 19.3 Å². The van der Waals surface area contributed by atoms with Gasteiger partial charge in [-0.15, -0.1) is 0 Å². The number of hydrogen-bond acceptors (Lipinski definition) is 1. The Bertz CT molecular complexity index is 635. The number of rotatable bonds is 3. The lowest BCUT2D eigenvalue weighted by molar-refractivity contribution is 0.220. The number of hydrogen-bond donors (Lipinski definition) is 1. The fraction of sp³-hybridized carbons (Fsp3) is 0.235. The average Bonchev–Trinajstić information content (AvgIpc) is 2.37. The summed E-state index contributed by atoms with van der Waals surface area (Å²) in [7, 11) is 1.68. The molecule has 0 heterocycles. The highest BCUT2D eigenvalue weighted by Crippen LogP contribution is 2.15. The molecule has 0 radical (unpaired) electrons. The molecule has 0 aliphatic carbocycles. The van der Waals surface area contributed by atoms with E-state index < -0.39 is 0 Å². The van der Waals surface area contributed by atoms with Gasteiger partial charge >= 0.3 is 6.03 Å². The Labute approximate surface area is 124 Å². The number of nitrogens with zero attached hydrogens (tertiary/aromatic N) is 1. The Hall–Kier alpha value is -2.36. The van der Waals surface area contributed by atoms with Gasteiger partial charge < -0.3 is 10.2 Å². The zero-order valence-electron chi connectivity index (χ0n) is 12.5. The van der Waals surface area contributed by atoms with Crippen molar-refractivity contribution in [2.75, 3.05) is 12.4 Å². The lowest BCUT2D eigenvalue weighted by atomic mass is 10.1. The van der Waals surface area contributed by atoms with Gasteiger partial charge in [0.1, 0.15) is 5.82 Å². The summed E-state index contributed by atoms with van der Waals surface area (Å²) in [6, 6.07) is 11.9. The van der Waals surface area contributed by atoms with Crippen LogP contribution in [0, 0.1) is 19.7 Å². The van der Waals surface area contributed by atoms with Crippen LogP contribution in [-0.2, 0) is 6.54 Å². The number of anilines is 1. The standard InChI is InChI=1S/C17H19FN2O/c1-12-7-13(2)9-16(8-12)19-17(21)20(3)11-14-5-4-6-15(18)10-14/h4-10H,11H2,1-3H3,(H,19,21). The molecule has 0 atom stereocenters. The number of urea groups is 1. The van der Waals surface area contributed by atoms with E-state index in [1.807, 2.05) is 32.0 Å². The molecule has 0 saturated heterocycles. The molecule has 0 bridgehead atoms. The highest BCUT2D eigenvalue weighted by Gasteiger charge is 2.10. The summed E-state index contributed by atoms with van der Waals surface area (Å²) >= 11 is 0. The molecule has 2 amide bonds. The molecule has 0 aromatic heterocycles. The first-order valence-corrected chi connectivity index (χ1v) is 6.79. The van der Waals surface area contributed by atoms with Crippen LogP contribution in [0.3, 0.4) is 0 Å². The maximum atomic E-state index is 13.1. The van der Waals surface area contributed by atoms with Gasteiger partial charge in [0.25, 0.3) is 0 Å². The smallest absolute Gasteiger partial charge is 0.321 e. The van der Waals surface area contributed by atoms with E-state index in [9.17, 15) is 9.18 Å². The predicted octanol–water partition coefficient (Wildman–Crippen LogP) is 4.11. The zero-order valence-corrected chi connectivity index (χ0v) is 12.5. The van der Waals surface area contributed by atoms with Gasteiger partial charge in [0.15, 0.2) is 0 Å². The minimum Gasteiger partial charge on any atom is -0.323 e. The monoisotopic (exact) mass is 286 g/mol. The molecular formula is C17H19FN2O. The van der Waals surface area contributed by atoms with Crippen molar-refractivity contribution in [1.82, 2.24) is 4.90 Å². The Morgan fingerprint density at radius 3 is 2.43 bits per heavy atom. The van der Waals surface area contributed by atoms with Crippen molar-refractivity contribution in [2.45, 2.75) is 20.4 Å². The minimum atomic E-state index is -0.296. The second kappa shape index (κ2) is 6.39.